The van der Waals surface area contributed by atoms with Gasteiger partial charge in [0.1, 0.15) is 5.00 Å². The van der Waals surface area contributed by atoms with Gasteiger partial charge in [0.15, 0.2) is 0 Å². The van der Waals surface area contributed by atoms with Gasteiger partial charge in [0, 0.05) is 18.9 Å². The summed E-state index contributed by atoms with van der Waals surface area (Å²) in [5.41, 5.74) is 2.03. The molecule has 2 aromatic rings. The Kier molecular flexibility index (Phi) is 4.31. The number of carbonyl (C=O) groups excluding carboxylic acids is 1. The molecule has 104 valence electrons. The van der Waals surface area contributed by atoms with Gasteiger partial charge in [0.2, 0.25) is 0 Å². The summed E-state index contributed by atoms with van der Waals surface area (Å²) in [5, 5.41) is 16.1. The number of thiophene rings is 1. The van der Waals surface area contributed by atoms with Crippen molar-refractivity contribution in [2.45, 2.75) is 13.5 Å². The van der Waals surface area contributed by atoms with Crippen LogP contribution >= 0.6 is 11.3 Å². The van der Waals surface area contributed by atoms with Crippen LogP contribution in [0.25, 0.3) is 0 Å². The molecular formula is C13H13N3O3S. The van der Waals surface area contributed by atoms with E-state index in [1.54, 1.807) is 17.8 Å². The number of urea groups is 1. The van der Waals surface area contributed by atoms with E-state index in [1.807, 2.05) is 13.0 Å². The van der Waals surface area contributed by atoms with E-state index in [0.717, 1.165) is 11.1 Å². The predicted molar refractivity (Wildman–Crippen MR) is 76.1 cm³/mol. The summed E-state index contributed by atoms with van der Waals surface area (Å²) < 4.78 is 0. The van der Waals surface area contributed by atoms with Crippen molar-refractivity contribution in [1.82, 2.24) is 10.3 Å². The fourth-order valence-corrected chi connectivity index (χ4v) is 2.37. The Labute approximate surface area is 119 Å². The lowest BCUT2D eigenvalue weighted by atomic mass is 10.1. The molecule has 0 fully saturated rings. The third-order valence-electron chi connectivity index (χ3n) is 2.70. The second-order valence-corrected chi connectivity index (χ2v) is 4.99. The van der Waals surface area contributed by atoms with Gasteiger partial charge in [-0.2, -0.15) is 0 Å². The van der Waals surface area contributed by atoms with Gasteiger partial charge in [0.05, 0.1) is 5.56 Å². The molecular weight excluding hydrogens is 278 g/mol. The number of nitrogens with zero attached hydrogens (tertiary/aromatic N) is 1. The van der Waals surface area contributed by atoms with Crippen LogP contribution in [0.15, 0.2) is 29.9 Å². The highest BCUT2D eigenvalue weighted by Crippen LogP contribution is 2.22. The molecule has 0 bridgehead atoms. The van der Waals surface area contributed by atoms with E-state index in [-0.39, 0.29) is 5.56 Å². The summed E-state index contributed by atoms with van der Waals surface area (Å²) >= 11 is 1.17. The summed E-state index contributed by atoms with van der Waals surface area (Å²) in [7, 11) is 0. The zero-order chi connectivity index (χ0) is 14.5. The first-order valence-corrected chi connectivity index (χ1v) is 6.71. The number of rotatable bonds is 4. The molecule has 2 aromatic heterocycles. The molecule has 6 nitrogen and oxygen atoms in total. The van der Waals surface area contributed by atoms with Crippen molar-refractivity contribution in [3.05, 3.63) is 46.6 Å². The monoisotopic (exact) mass is 291 g/mol. The number of hydrogen-bond acceptors (Lipinski definition) is 4. The number of carboxylic acid groups (broad SMARTS) is 1. The SMILES string of the molecule is Cc1cnccc1CNC(=O)Nc1sccc1C(=O)O. The third-order valence-corrected chi connectivity index (χ3v) is 3.53. The van der Waals surface area contributed by atoms with E-state index in [9.17, 15) is 9.59 Å². The van der Waals surface area contributed by atoms with Gasteiger partial charge in [-0.1, -0.05) is 0 Å². The van der Waals surface area contributed by atoms with E-state index in [2.05, 4.69) is 15.6 Å². The molecule has 0 aromatic carbocycles. The van der Waals surface area contributed by atoms with Crippen molar-refractivity contribution in [1.29, 1.82) is 0 Å². The largest absolute Gasteiger partial charge is 0.478 e. The van der Waals surface area contributed by atoms with Crippen molar-refractivity contribution in [3.63, 3.8) is 0 Å². The predicted octanol–water partition coefficient (Wildman–Crippen LogP) is 2.47. The number of anilines is 1. The molecule has 0 saturated heterocycles. The van der Waals surface area contributed by atoms with Gasteiger partial charge in [0.25, 0.3) is 0 Å². The Hall–Kier alpha value is -2.41. The van der Waals surface area contributed by atoms with Gasteiger partial charge in [-0.25, -0.2) is 9.59 Å². The van der Waals surface area contributed by atoms with E-state index in [4.69, 9.17) is 5.11 Å². The molecule has 2 rings (SSSR count). The van der Waals surface area contributed by atoms with E-state index in [0.29, 0.717) is 11.5 Å². The highest BCUT2D eigenvalue weighted by molar-refractivity contribution is 7.14. The number of nitrogens with one attached hydrogen (secondary N) is 2. The van der Waals surface area contributed by atoms with E-state index < -0.39 is 12.0 Å². The minimum absolute atomic E-state index is 0.0882. The van der Waals surface area contributed by atoms with Crippen LogP contribution in [0.5, 0.6) is 0 Å². The molecule has 0 radical (unpaired) electrons. The highest BCUT2D eigenvalue weighted by atomic mass is 32.1. The van der Waals surface area contributed by atoms with Crippen molar-refractivity contribution >= 4 is 28.3 Å². The molecule has 0 aliphatic rings. The molecule has 20 heavy (non-hydrogen) atoms. The lowest BCUT2D eigenvalue weighted by molar-refractivity contribution is 0.0698. The highest BCUT2D eigenvalue weighted by Gasteiger charge is 2.13. The first kappa shape index (κ1) is 14.0. The fraction of sp³-hybridized carbons (Fsp3) is 0.154. The zero-order valence-electron chi connectivity index (χ0n) is 10.7. The summed E-state index contributed by atoms with van der Waals surface area (Å²) in [6, 6.07) is 2.84. The average molecular weight is 291 g/mol. The number of amides is 2. The number of pyridine rings is 1. The minimum atomic E-state index is -1.06. The number of carbonyl (C=O) groups is 2. The standard InChI is InChI=1S/C13H13N3O3S/c1-8-6-14-4-2-9(8)7-15-13(19)16-11-10(12(17)18)3-5-20-11/h2-6H,7H2,1H3,(H,17,18)(H2,15,16,19). The molecule has 3 N–H and O–H groups in total. The molecule has 0 aliphatic carbocycles. The molecule has 0 spiro atoms. The van der Waals surface area contributed by atoms with Crippen molar-refractivity contribution < 1.29 is 14.7 Å². The Balaban J connectivity index is 1.95. The van der Waals surface area contributed by atoms with Crippen LogP contribution in [0.3, 0.4) is 0 Å². The van der Waals surface area contributed by atoms with Gasteiger partial charge >= 0.3 is 12.0 Å². The molecule has 7 heteroatoms. The van der Waals surface area contributed by atoms with Crippen LogP contribution in [0.4, 0.5) is 9.80 Å². The smallest absolute Gasteiger partial charge is 0.338 e. The number of aryl methyl sites for hydroxylation is 1. The van der Waals surface area contributed by atoms with Crippen molar-refractivity contribution in [2.75, 3.05) is 5.32 Å². The molecule has 0 atom stereocenters. The third kappa shape index (κ3) is 3.33. The second-order valence-electron chi connectivity index (χ2n) is 4.08. The molecule has 0 saturated carbocycles. The van der Waals surface area contributed by atoms with Crippen molar-refractivity contribution in [2.24, 2.45) is 0 Å². The molecule has 0 aliphatic heterocycles. The minimum Gasteiger partial charge on any atom is -0.478 e. The van der Waals surface area contributed by atoms with Gasteiger partial charge in [-0.05, 0) is 35.6 Å². The van der Waals surface area contributed by atoms with E-state index in [1.165, 1.54) is 17.4 Å². The Bertz CT molecular complexity index is 639. The van der Waals surface area contributed by atoms with Gasteiger partial charge in [-0.3, -0.25) is 10.3 Å². The van der Waals surface area contributed by atoms with Crippen LogP contribution in [-0.2, 0) is 6.54 Å². The normalized spacial score (nSPS) is 10.1. The maximum Gasteiger partial charge on any atom is 0.338 e. The van der Waals surface area contributed by atoms with Crippen LogP contribution in [-0.4, -0.2) is 22.1 Å². The van der Waals surface area contributed by atoms with Gasteiger partial charge < -0.3 is 10.4 Å². The lowest BCUT2D eigenvalue weighted by Crippen LogP contribution is -2.28. The first-order valence-electron chi connectivity index (χ1n) is 5.83. The summed E-state index contributed by atoms with van der Waals surface area (Å²) in [4.78, 5) is 26.6. The van der Waals surface area contributed by atoms with Crippen LogP contribution in [0.2, 0.25) is 0 Å². The van der Waals surface area contributed by atoms with Crippen LogP contribution in [0.1, 0.15) is 21.5 Å². The quantitative estimate of drug-likeness (QED) is 0.807. The first-order chi connectivity index (χ1) is 9.58. The summed E-state index contributed by atoms with van der Waals surface area (Å²) in [6.45, 7) is 2.26. The number of hydrogen-bond donors (Lipinski definition) is 3. The fourth-order valence-electron chi connectivity index (χ4n) is 1.60. The Morgan fingerprint density at radius 2 is 2.20 bits per heavy atom. The molecule has 0 unspecified atom stereocenters. The maximum atomic E-state index is 11.7. The van der Waals surface area contributed by atoms with E-state index >= 15 is 0 Å². The number of aromatic nitrogens is 1. The summed E-state index contributed by atoms with van der Waals surface area (Å²) in [6.07, 6.45) is 3.38. The van der Waals surface area contributed by atoms with Crippen LogP contribution < -0.4 is 10.6 Å². The Morgan fingerprint density at radius 1 is 1.40 bits per heavy atom. The molecule has 2 heterocycles. The number of carboxylic acids is 1. The lowest BCUT2D eigenvalue weighted by Gasteiger charge is -2.08. The number of aromatic carboxylic acids is 1. The average Bonchev–Trinajstić information content (AvgIpc) is 2.86. The molecule has 2 amide bonds. The van der Waals surface area contributed by atoms with Crippen molar-refractivity contribution in [3.8, 4) is 0 Å². The Morgan fingerprint density at radius 3 is 2.90 bits per heavy atom. The van der Waals surface area contributed by atoms with Crippen LogP contribution in [0, 0.1) is 6.92 Å². The summed E-state index contributed by atoms with van der Waals surface area (Å²) in [5.74, 6) is -1.06. The van der Waals surface area contributed by atoms with Gasteiger partial charge in [-0.15, -0.1) is 11.3 Å². The topological polar surface area (TPSA) is 91.3 Å². The zero-order valence-corrected chi connectivity index (χ0v) is 11.5. The second kappa shape index (κ2) is 6.16. The maximum absolute atomic E-state index is 11.7.